The molecule has 5 rings (SSSR count). The van der Waals surface area contributed by atoms with E-state index >= 15 is 0 Å². The lowest BCUT2D eigenvalue weighted by Gasteiger charge is -2.58. The van der Waals surface area contributed by atoms with Crippen molar-refractivity contribution in [1.29, 1.82) is 0 Å². The summed E-state index contributed by atoms with van der Waals surface area (Å²) in [5.74, 6) is 2.44. The number of esters is 1. The van der Waals surface area contributed by atoms with Crippen LogP contribution in [0.2, 0.25) is 0 Å². The third-order valence-electron chi connectivity index (χ3n) is 12.2. The van der Waals surface area contributed by atoms with E-state index in [0.29, 0.717) is 55.5 Å². The third-order valence-corrected chi connectivity index (χ3v) is 12.2. The summed E-state index contributed by atoms with van der Waals surface area (Å²) in [7, 11) is 1.87. The molecule has 246 valence electrons. The van der Waals surface area contributed by atoms with Gasteiger partial charge in [0.15, 0.2) is 5.78 Å². The van der Waals surface area contributed by atoms with Gasteiger partial charge in [0.25, 0.3) is 0 Å². The third kappa shape index (κ3) is 6.64. The van der Waals surface area contributed by atoms with Crippen LogP contribution in [-0.2, 0) is 19.2 Å². The topological polar surface area (TPSA) is 109 Å². The Labute approximate surface area is 264 Å². The van der Waals surface area contributed by atoms with Gasteiger partial charge in [-0.25, -0.2) is 4.79 Å². The Bertz CT molecular complexity index is 1150. The largest absolute Gasteiger partial charge is 0.462 e. The van der Waals surface area contributed by atoms with E-state index in [-0.39, 0.29) is 35.0 Å². The number of amides is 1. The van der Waals surface area contributed by atoms with Gasteiger partial charge in [-0.15, -0.1) is 0 Å². The highest BCUT2D eigenvalue weighted by atomic mass is 16.7. The van der Waals surface area contributed by atoms with Crippen molar-refractivity contribution in [3.8, 4) is 0 Å². The Balaban J connectivity index is 1.18. The van der Waals surface area contributed by atoms with E-state index in [1.165, 1.54) is 24.8 Å². The van der Waals surface area contributed by atoms with E-state index in [4.69, 9.17) is 9.57 Å². The Hall–Kier alpha value is -2.26. The van der Waals surface area contributed by atoms with E-state index in [0.717, 1.165) is 50.7 Å². The molecule has 4 aliphatic carbocycles. The first-order valence-corrected chi connectivity index (χ1v) is 17.3. The zero-order chi connectivity index (χ0) is 31.6. The molecule has 9 heteroatoms. The van der Waals surface area contributed by atoms with E-state index in [1.54, 1.807) is 4.90 Å². The highest BCUT2D eigenvalue weighted by Gasteiger charge is 2.59. The number of oxime groups is 1. The maximum Gasteiger partial charge on any atom is 0.436 e. The smallest absolute Gasteiger partial charge is 0.436 e. The molecule has 2 unspecified atom stereocenters. The predicted molar refractivity (Wildman–Crippen MR) is 171 cm³/mol. The lowest BCUT2D eigenvalue weighted by Crippen LogP contribution is -2.51. The molecule has 1 saturated heterocycles. The molecule has 1 amide bonds. The van der Waals surface area contributed by atoms with Gasteiger partial charge in [-0.1, -0.05) is 24.6 Å². The first-order valence-electron chi connectivity index (χ1n) is 17.3. The van der Waals surface area contributed by atoms with Crippen molar-refractivity contribution in [3.63, 3.8) is 0 Å². The van der Waals surface area contributed by atoms with Gasteiger partial charge in [0.05, 0.1) is 11.8 Å². The fourth-order valence-corrected chi connectivity index (χ4v) is 9.88. The first-order chi connectivity index (χ1) is 21.0. The molecule has 2 N–H and O–H groups in total. The number of hydrogen-bond acceptors (Lipinski definition) is 8. The number of carbonyl (C=O) groups excluding carboxylic acids is 3. The number of carbonyl (C=O) groups is 3. The second-order valence-corrected chi connectivity index (χ2v) is 15.1. The molecule has 9 nitrogen and oxygen atoms in total. The molecule has 0 aromatic heterocycles. The molecule has 0 aromatic rings. The standard InChI is InChI=1S/C35H56N4O5/c1-22(2)43-32(41)31-12-8-25(37-31)15-19-39(20-18-36-6)33(42)44-38-23(3)28-10-11-29-27-9-7-24-21-26(40)13-16-34(24,4)30(27)14-17-35(28,29)5/h21-22,25,27-31,36-37H,7-20H2,1-6H3/b38-23+/t25?,27-,28+,29-,30-,31?,34-,35+/m0/s1. The number of hydrogen-bond donors (Lipinski definition) is 2. The molecule has 5 aliphatic rings. The van der Waals surface area contributed by atoms with Gasteiger partial charge < -0.3 is 20.3 Å². The van der Waals surface area contributed by atoms with Crippen molar-refractivity contribution in [2.75, 3.05) is 26.7 Å². The fraction of sp³-hybridized carbons (Fsp3) is 0.829. The summed E-state index contributed by atoms with van der Waals surface area (Å²) >= 11 is 0. The number of likely N-dealkylation sites (N-methyl/N-ethyl adjacent to an activating group) is 1. The molecule has 0 radical (unpaired) electrons. The van der Waals surface area contributed by atoms with E-state index in [1.807, 2.05) is 33.9 Å². The summed E-state index contributed by atoms with van der Waals surface area (Å²) < 4.78 is 5.37. The average Bonchev–Trinajstić information content (AvgIpc) is 3.60. The summed E-state index contributed by atoms with van der Waals surface area (Å²) in [5, 5.41) is 11.0. The molecule has 0 aromatic carbocycles. The van der Waals surface area contributed by atoms with Crippen LogP contribution in [-0.4, -0.2) is 73.3 Å². The van der Waals surface area contributed by atoms with E-state index in [2.05, 4.69) is 29.6 Å². The van der Waals surface area contributed by atoms with Crippen molar-refractivity contribution < 1.29 is 24.0 Å². The highest BCUT2D eigenvalue weighted by molar-refractivity contribution is 5.91. The minimum absolute atomic E-state index is 0.127. The summed E-state index contributed by atoms with van der Waals surface area (Å²) in [5.41, 5.74) is 2.69. The lowest BCUT2D eigenvalue weighted by atomic mass is 9.46. The monoisotopic (exact) mass is 612 g/mol. The van der Waals surface area contributed by atoms with Crippen LogP contribution in [0.4, 0.5) is 4.79 Å². The van der Waals surface area contributed by atoms with Crippen LogP contribution in [0.15, 0.2) is 16.8 Å². The highest BCUT2D eigenvalue weighted by Crippen LogP contribution is 2.66. The van der Waals surface area contributed by atoms with Gasteiger partial charge in [0.1, 0.15) is 6.04 Å². The van der Waals surface area contributed by atoms with Crippen molar-refractivity contribution in [2.45, 2.75) is 123 Å². The van der Waals surface area contributed by atoms with Gasteiger partial charge in [-0.05, 0) is 127 Å². The normalized spacial score (nSPS) is 36.8. The van der Waals surface area contributed by atoms with Crippen molar-refractivity contribution in [3.05, 3.63) is 11.6 Å². The maximum atomic E-state index is 13.3. The Kier molecular flexibility index (Phi) is 10.2. The number of ketones is 1. The van der Waals surface area contributed by atoms with Crippen molar-refractivity contribution in [1.82, 2.24) is 15.5 Å². The summed E-state index contributed by atoms with van der Waals surface area (Å²) in [6, 6.07) is -0.121. The fourth-order valence-electron chi connectivity index (χ4n) is 9.88. The number of allylic oxidation sites excluding steroid dienone is 1. The van der Waals surface area contributed by atoms with Crippen LogP contribution in [0.25, 0.3) is 0 Å². The van der Waals surface area contributed by atoms with E-state index in [9.17, 15) is 14.4 Å². The number of nitrogens with zero attached hydrogens (tertiary/aromatic N) is 2. The predicted octanol–water partition coefficient (Wildman–Crippen LogP) is 5.63. The molecular formula is C35H56N4O5. The van der Waals surface area contributed by atoms with Crippen LogP contribution in [0.5, 0.6) is 0 Å². The molecular weight excluding hydrogens is 556 g/mol. The molecule has 4 fully saturated rings. The quantitative estimate of drug-likeness (QED) is 0.142. The van der Waals surface area contributed by atoms with E-state index < -0.39 is 6.09 Å². The summed E-state index contributed by atoms with van der Waals surface area (Å²) in [6.07, 6.45) is 12.4. The second kappa shape index (κ2) is 13.6. The Morgan fingerprint density at radius 1 is 1.07 bits per heavy atom. The molecule has 8 atom stereocenters. The van der Waals surface area contributed by atoms with Crippen LogP contribution in [0, 0.1) is 34.5 Å². The van der Waals surface area contributed by atoms with Crippen LogP contribution in [0.3, 0.4) is 0 Å². The van der Waals surface area contributed by atoms with Crippen LogP contribution in [0.1, 0.15) is 105 Å². The van der Waals surface area contributed by atoms with Gasteiger partial charge >= 0.3 is 12.1 Å². The molecule has 3 saturated carbocycles. The summed E-state index contributed by atoms with van der Waals surface area (Å²) in [6.45, 7) is 12.4. The molecule has 0 spiro atoms. The van der Waals surface area contributed by atoms with Gasteiger partial charge in [0.2, 0.25) is 0 Å². The van der Waals surface area contributed by atoms with Crippen LogP contribution < -0.4 is 10.6 Å². The van der Waals surface area contributed by atoms with Crippen molar-refractivity contribution >= 4 is 23.6 Å². The summed E-state index contributed by atoms with van der Waals surface area (Å²) in [4.78, 5) is 45.1. The zero-order valence-corrected chi connectivity index (χ0v) is 28.0. The second-order valence-electron chi connectivity index (χ2n) is 15.1. The molecule has 0 bridgehead atoms. The maximum absolute atomic E-state index is 13.3. The SMILES string of the molecule is CNCCN(CCC1CCC(C(=O)OC(C)C)N1)C(=O)O/N=C(\C)[C@H]1CC[C@H]2[C@@H]3CCC4=CC(=O)CC[C@]4(C)[C@H]3CC[C@]12C. The minimum atomic E-state index is -0.414. The van der Waals surface area contributed by atoms with Crippen LogP contribution >= 0.6 is 0 Å². The van der Waals surface area contributed by atoms with Gasteiger partial charge in [-0.2, -0.15) is 0 Å². The van der Waals surface area contributed by atoms with Gasteiger partial charge in [-0.3, -0.25) is 14.4 Å². The lowest BCUT2D eigenvalue weighted by molar-refractivity contribution is -0.149. The number of ether oxygens (including phenoxy) is 1. The molecule has 44 heavy (non-hydrogen) atoms. The van der Waals surface area contributed by atoms with Gasteiger partial charge in [0, 0.05) is 38.0 Å². The number of rotatable bonds is 10. The molecule has 1 heterocycles. The first kappa shape index (κ1) is 33.1. The van der Waals surface area contributed by atoms with Crippen molar-refractivity contribution in [2.24, 2.45) is 39.7 Å². The average molecular weight is 613 g/mol. The number of fused-ring (bicyclic) bond motifs is 5. The zero-order valence-electron chi connectivity index (χ0n) is 28.0. The Morgan fingerprint density at radius 3 is 2.61 bits per heavy atom. The minimum Gasteiger partial charge on any atom is -0.462 e. The Morgan fingerprint density at radius 2 is 1.86 bits per heavy atom. The molecule has 1 aliphatic heterocycles. The number of nitrogens with one attached hydrogen (secondary N) is 2.